The van der Waals surface area contributed by atoms with Crippen LogP contribution in [0.25, 0.3) is 16.9 Å². The first-order valence-corrected chi connectivity index (χ1v) is 6.18. The number of benzene rings is 1. The van der Waals surface area contributed by atoms with Crippen molar-refractivity contribution in [3.05, 3.63) is 48.4 Å². The summed E-state index contributed by atoms with van der Waals surface area (Å²) >= 11 is 0. The van der Waals surface area contributed by atoms with Crippen molar-refractivity contribution in [3.8, 4) is 17.6 Å². The molecular weight excluding hydrogens is 252 g/mol. The summed E-state index contributed by atoms with van der Waals surface area (Å²) in [6, 6.07) is 13.5. The monoisotopic (exact) mass is 264 g/mol. The lowest BCUT2D eigenvalue weighted by atomic mass is 10.3. The number of nitrogens with zero attached hydrogens (tertiary/aromatic N) is 4. The van der Waals surface area contributed by atoms with Gasteiger partial charge in [-0.05, 0) is 24.3 Å². The zero-order valence-corrected chi connectivity index (χ0v) is 10.9. The van der Waals surface area contributed by atoms with E-state index in [-0.39, 0.29) is 6.42 Å². The fourth-order valence-corrected chi connectivity index (χ4v) is 2.21. The molecule has 0 fully saturated rings. The molecule has 0 bridgehead atoms. The minimum absolute atomic E-state index is 0.217. The number of para-hydroxylation sites is 2. The van der Waals surface area contributed by atoms with Gasteiger partial charge in [0, 0.05) is 6.20 Å². The molecule has 1 aromatic carbocycles. The molecule has 0 aliphatic rings. The third kappa shape index (κ3) is 1.88. The molecule has 0 unspecified atom stereocenters. The average molecular weight is 264 g/mol. The Labute approximate surface area is 116 Å². The van der Waals surface area contributed by atoms with E-state index in [2.05, 4.69) is 16.0 Å². The zero-order chi connectivity index (χ0) is 13.9. The largest absolute Gasteiger partial charge is 0.493 e. The standard InChI is InChI=1S/C15H12N4O/c1-20-13-7-4-10-17-15(13)19-12-6-3-2-5-11(12)18-14(19)8-9-16/h2-7,10H,8H2,1H3. The van der Waals surface area contributed by atoms with Crippen LogP contribution in [0.3, 0.4) is 0 Å². The van der Waals surface area contributed by atoms with Crippen LogP contribution >= 0.6 is 0 Å². The molecule has 2 aromatic heterocycles. The summed E-state index contributed by atoms with van der Waals surface area (Å²) in [7, 11) is 1.60. The molecule has 20 heavy (non-hydrogen) atoms. The van der Waals surface area contributed by atoms with Gasteiger partial charge in [0.1, 0.15) is 5.82 Å². The quantitative estimate of drug-likeness (QED) is 0.729. The van der Waals surface area contributed by atoms with Crippen LogP contribution in [-0.4, -0.2) is 21.6 Å². The first-order valence-electron chi connectivity index (χ1n) is 6.18. The first kappa shape index (κ1) is 12.2. The van der Waals surface area contributed by atoms with E-state index in [1.54, 1.807) is 13.3 Å². The Balaban J connectivity index is 2.34. The third-order valence-electron chi connectivity index (χ3n) is 3.05. The van der Waals surface area contributed by atoms with Gasteiger partial charge in [0.05, 0.1) is 30.6 Å². The molecule has 2 heterocycles. The molecule has 5 nitrogen and oxygen atoms in total. The highest BCUT2D eigenvalue weighted by molar-refractivity contribution is 5.78. The van der Waals surface area contributed by atoms with Gasteiger partial charge in [-0.3, -0.25) is 4.57 Å². The maximum Gasteiger partial charge on any atom is 0.181 e. The summed E-state index contributed by atoms with van der Waals surface area (Å²) in [4.78, 5) is 8.87. The number of imidazole rings is 1. The number of rotatable bonds is 3. The highest BCUT2D eigenvalue weighted by Crippen LogP contribution is 2.26. The van der Waals surface area contributed by atoms with Crippen molar-refractivity contribution in [2.45, 2.75) is 6.42 Å². The van der Waals surface area contributed by atoms with E-state index < -0.39 is 0 Å². The Bertz CT molecular complexity index is 801. The Morgan fingerprint density at radius 1 is 1.25 bits per heavy atom. The van der Waals surface area contributed by atoms with Gasteiger partial charge in [0.2, 0.25) is 0 Å². The third-order valence-corrected chi connectivity index (χ3v) is 3.05. The van der Waals surface area contributed by atoms with E-state index in [4.69, 9.17) is 10.00 Å². The highest BCUT2D eigenvalue weighted by Gasteiger charge is 2.15. The van der Waals surface area contributed by atoms with Crippen molar-refractivity contribution in [1.29, 1.82) is 5.26 Å². The van der Waals surface area contributed by atoms with Crippen LogP contribution in [0.15, 0.2) is 42.6 Å². The van der Waals surface area contributed by atoms with E-state index in [1.165, 1.54) is 0 Å². The van der Waals surface area contributed by atoms with Crippen molar-refractivity contribution in [2.75, 3.05) is 7.11 Å². The number of nitriles is 1. The minimum Gasteiger partial charge on any atom is -0.493 e. The molecule has 0 saturated carbocycles. The Hall–Kier alpha value is -2.87. The van der Waals surface area contributed by atoms with Crippen LogP contribution in [-0.2, 0) is 6.42 Å². The highest BCUT2D eigenvalue weighted by atomic mass is 16.5. The van der Waals surface area contributed by atoms with Gasteiger partial charge in [-0.25, -0.2) is 9.97 Å². The molecule has 0 aliphatic carbocycles. The summed E-state index contributed by atoms with van der Waals surface area (Å²) in [5.41, 5.74) is 1.75. The predicted molar refractivity (Wildman–Crippen MR) is 74.7 cm³/mol. The second-order valence-electron chi connectivity index (χ2n) is 4.22. The van der Waals surface area contributed by atoms with Crippen molar-refractivity contribution in [2.24, 2.45) is 0 Å². The van der Waals surface area contributed by atoms with Crippen LogP contribution in [0.4, 0.5) is 0 Å². The van der Waals surface area contributed by atoms with E-state index in [1.807, 2.05) is 41.0 Å². The predicted octanol–water partition coefficient (Wildman–Crippen LogP) is 2.50. The van der Waals surface area contributed by atoms with Gasteiger partial charge in [0.15, 0.2) is 11.6 Å². The summed E-state index contributed by atoms with van der Waals surface area (Å²) in [5, 5.41) is 8.99. The molecule has 0 saturated heterocycles. The molecule has 0 N–H and O–H groups in total. The maximum atomic E-state index is 8.99. The van der Waals surface area contributed by atoms with E-state index in [0.717, 1.165) is 11.0 Å². The van der Waals surface area contributed by atoms with Crippen LogP contribution in [0.2, 0.25) is 0 Å². The second kappa shape index (κ2) is 5.02. The van der Waals surface area contributed by atoms with Crippen LogP contribution < -0.4 is 4.74 Å². The van der Waals surface area contributed by atoms with Crippen molar-refractivity contribution in [1.82, 2.24) is 14.5 Å². The average Bonchev–Trinajstić information content (AvgIpc) is 2.85. The summed E-state index contributed by atoms with van der Waals surface area (Å²) in [6.07, 6.45) is 1.91. The van der Waals surface area contributed by atoms with Crippen LogP contribution in [0, 0.1) is 11.3 Å². The van der Waals surface area contributed by atoms with E-state index in [9.17, 15) is 0 Å². The van der Waals surface area contributed by atoms with E-state index >= 15 is 0 Å². The van der Waals surface area contributed by atoms with Crippen LogP contribution in [0.5, 0.6) is 5.75 Å². The number of fused-ring (bicyclic) bond motifs is 1. The number of aromatic nitrogens is 3. The Morgan fingerprint density at radius 3 is 2.90 bits per heavy atom. The molecule has 5 heteroatoms. The SMILES string of the molecule is COc1cccnc1-n1c(CC#N)nc2ccccc21. The number of pyridine rings is 1. The number of ether oxygens (including phenoxy) is 1. The molecule has 0 spiro atoms. The smallest absolute Gasteiger partial charge is 0.181 e. The molecule has 0 atom stereocenters. The lowest BCUT2D eigenvalue weighted by molar-refractivity contribution is 0.410. The van der Waals surface area contributed by atoms with Crippen molar-refractivity contribution in [3.63, 3.8) is 0 Å². The van der Waals surface area contributed by atoms with Gasteiger partial charge in [-0.2, -0.15) is 5.26 Å². The van der Waals surface area contributed by atoms with E-state index in [0.29, 0.717) is 17.4 Å². The van der Waals surface area contributed by atoms with Crippen LogP contribution in [0.1, 0.15) is 5.82 Å². The van der Waals surface area contributed by atoms with Crippen molar-refractivity contribution < 1.29 is 4.74 Å². The molecule has 3 rings (SSSR count). The van der Waals surface area contributed by atoms with Crippen molar-refractivity contribution >= 4 is 11.0 Å². The maximum absolute atomic E-state index is 8.99. The second-order valence-corrected chi connectivity index (χ2v) is 4.22. The topological polar surface area (TPSA) is 63.7 Å². The first-order chi connectivity index (χ1) is 9.85. The fraction of sp³-hybridized carbons (Fsp3) is 0.133. The zero-order valence-electron chi connectivity index (χ0n) is 10.9. The molecule has 98 valence electrons. The normalized spacial score (nSPS) is 10.4. The summed E-state index contributed by atoms with van der Waals surface area (Å²) in [5.74, 6) is 1.95. The molecule has 0 aliphatic heterocycles. The van der Waals surface area contributed by atoms with Gasteiger partial charge < -0.3 is 4.74 Å². The Morgan fingerprint density at radius 2 is 2.10 bits per heavy atom. The summed E-state index contributed by atoms with van der Waals surface area (Å²) in [6.45, 7) is 0. The molecule has 3 aromatic rings. The van der Waals surface area contributed by atoms with Gasteiger partial charge in [-0.15, -0.1) is 0 Å². The number of hydrogen-bond acceptors (Lipinski definition) is 4. The molecular formula is C15H12N4O. The van der Waals surface area contributed by atoms with Gasteiger partial charge in [0.25, 0.3) is 0 Å². The Kier molecular flexibility index (Phi) is 3.05. The lowest BCUT2D eigenvalue weighted by Crippen LogP contribution is -2.05. The minimum atomic E-state index is 0.217. The molecule has 0 amide bonds. The van der Waals surface area contributed by atoms with Gasteiger partial charge >= 0.3 is 0 Å². The number of methoxy groups -OCH3 is 1. The van der Waals surface area contributed by atoms with Gasteiger partial charge in [-0.1, -0.05) is 12.1 Å². The molecule has 0 radical (unpaired) electrons. The number of hydrogen-bond donors (Lipinski definition) is 0. The fourth-order valence-electron chi connectivity index (χ4n) is 2.21. The lowest BCUT2D eigenvalue weighted by Gasteiger charge is -2.10. The summed E-state index contributed by atoms with van der Waals surface area (Å²) < 4.78 is 7.23.